The molecule has 0 saturated heterocycles. The summed E-state index contributed by atoms with van der Waals surface area (Å²) in [5.41, 5.74) is 1.95. The fourth-order valence-electron chi connectivity index (χ4n) is 8.08. The zero-order valence-electron chi connectivity index (χ0n) is 39.6. The van der Waals surface area contributed by atoms with Crippen LogP contribution in [-0.4, -0.2) is 76.7 Å². The van der Waals surface area contributed by atoms with Crippen molar-refractivity contribution in [2.24, 2.45) is 0 Å². The fraction of sp³-hybridized carbons (Fsp3) is 0.320. The number of nitro groups is 2. The largest absolute Gasteiger partial charge is 1.00 e. The van der Waals surface area contributed by atoms with E-state index in [0.29, 0.717) is 54.0 Å². The molecule has 0 fully saturated rings. The predicted molar refractivity (Wildman–Crippen MR) is 248 cm³/mol. The minimum absolute atomic E-state index is 0. The van der Waals surface area contributed by atoms with Gasteiger partial charge in [0.2, 0.25) is 17.5 Å². The summed E-state index contributed by atoms with van der Waals surface area (Å²) in [4.78, 5) is 73.3. The standard InChI is InChI=1S/C50H52FN5O13.Na/c1-7-39(48(60)52-22-24-67-42-28-41(56(64)65)36(25-29(42)2)30(3)68-49(61)69-35-19-15-33(16-20-35)55(62)63)53-44(57)11-9-8-10-23-54-40-21-14-32(51)26-38(40)50(4,5)43(54)27-37-46(58)45(47(37)59)31-12-17-34(66-6)18-13-31;/h12-21,25-28,30,39,58H,1,7-11,22-24H2,2-6H3,(H,52,60)(H,53,57);/q;+1/p-1. The number of ketones is 1. The van der Waals surface area contributed by atoms with Crippen LogP contribution in [0.4, 0.5) is 26.2 Å². The van der Waals surface area contributed by atoms with Crippen LogP contribution in [0, 0.1) is 39.9 Å². The Labute approximate surface area is 425 Å². The van der Waals surface area contributed by atoms with Gasteiger partial charge in [-0.1, -0.05) is 17.9 Å². The molecule has 70 heavy (non-hydrogen) atoms. The molecule has 1 aliphatic heterocycles. The molecule has 4 aromatic rings. The molecule has 18 nitrogen and oxygen atoms in total. The molecule has 2 aliphatic rings. The van der Waals surface area contributed by atoms with Crippen molar-refractivity contribution in [3.8, 4) is 17.2 Å². The summed E-state index contributed by atoms with van der Waals surface area (Å²) in [7, 11) is 1.52. The van der Waals surface area contributed by atoms with E-state index in [0.717, 1.165) is 17.8 Å². The summed E-state index contributed by atoms with van der Waals surface area (Å²) in [6, 6.07) is 17.5. The first-order valence-electron chi connectivity index (χ1n) is 22.0. The van der Waals surface area contributed by atoms with E-state index in [4.69, 9.17) is 18.9 Å². The predicted octanol–water partition coefficient (Wildman–Crippen LogP) is 4.36. The number of Topliss-reactive ketones (excluding diaryl/α,β-unsaturated/α-hetero) is 1. The third kappa shape index (κ3) is 12.4. The number of allylic oxidation sites excluding steroid dienone is 3. The number of ether oxygens (including phenoxy) is 4. The van der Waals surface area contributed by atoms with Crippen molar-refractivity contribution >= 4 is 52.1 Å². The molecular weight excluding hydrogens is 921 g/mol. The van der Waals surface area contributed by atoms with Gasteiger partial charge >= 0.3 is 35.7 Å². The number of amides is 2. The summed E-state index contributed by atoms with van der Waals surface area (Å²) in [5, 5.41) is 41.6. The number of unbranched alkanes of at least 4 members (excludes halogenated alkanes) is 2. The number of fused-ring (bicyclic) bond motifs is 1. The van der Waals surface area contributed by atoms with Gasteiger partial charge in [-0.15, -0.1) is 0 Å². The molecule has 2 atom stereocenters. The third-order valence-corrected chi connectivity index (χ3v) is 11.8. The minimum Gasteiger partial charge on any atom is -0.871 e. The number of aryl methyl sites for hydroxylation is 1. The van der Waals surface area contributed by atoms with E-state index in [-0.39, 0.29) is 107 Å². The van der Waals surface area contributed by atoms with E-state index in [1.165, 1.54) is 50.4 Å². The van der Waals surface area contributed by atoms with E-state index in [1.807, 2.05) is 18.4 Å². The molecule has 2 N–H and O–H groups in total. The van der Waals surface area contributed by atoms with Gasteiger partial charge in [-0.2, -0.15) is 11.0 Å². The van der Waals surface area contributed by atoms with Gasteiger partial charge < -0.3 is 41.6 Å². The smallest absolute Gasteiger partial charge is 0.871 e. The number of nitrogens with one attached hydrogen (secondary N) is 2. The summed E-state index contributed by atoms with van der Waals surface area (Å²) < 4.78 is 37.8. The normalized spacial score (nSPS) is 15.0. The van der Waals surface area contributed by atoms with Gasteiger partial charge in [0.1, 0.15) is 42.3 Å². The van der Waals surface area contributed by atoms with Crippen molar-refractivity contribution in [2.75, 3.05) is 26.8 Å². The van der Waals surface area contributed by atoms with E-state index in [9.17, 15) is 48.9 Å². The molecule has 0 bridgehead atoms. The molecule has 0 radical (unpaired) electrons. The number of nitro benzene ring substituents is 2. The minimum atomic E-state index is -1.19. The van der Waals surface area contributed by atoms with Crippen LogP contribution in [0.15, 0.2) is 96.3 Å². The second kappa shape index (κ2) is 23.6. The van der Waals surface area contributed by atoms with Gasteiger partial charge in [0, 0.05) is 53.8 Å². The van der Waals surface area contributed by atoms with Crippen LogP contribution in [0.1, 0.15) is 81.2 Å². The van der Waals surface area contributed by atoms with Crippen LogP contribution in [0.2, 0.25) is 0 Å². The molecule has 6 rings (SSSR count). The van der Waals surface area contributed by atoms with Crippen LogP contribution in [-0.2, 0) is 24.5 Å². The number of rotatable bonds is 21. The Kier molecular flexibility index (Phi) is 18.2. The number of nitrogens with zero attached hydrogens (tertiary/aromatic N) is 3. The molecule has 2 unspecified atom stereocenters. The number of benzene rings is 4. The second-order valence-corrected chi connectivity index (χ2v) is 16.8. The Bertz CT molecular complexity index is 2770. The Balaban J connectivity index is 0.00000913. The first-order valence-corrected chi connectivity index (χ1v) is 22.0. The quantitative estimate of drug-likeness (QED) is 0.0136. The number of halogens is 1. The van der Waals surface area contributed by atoms with E-state index in [1.54, 1.807) is 43.3 Å². The molecule has 1 aliphatic carbocycles. The summed E-state index contributed by atoms with van der Waals surface area (Å²) >= 11 is 0. The zero-order valence-corrected chi connectivity index (χ0v) is 41.6. The van der Waals surface area contributed by atoms with Gasteiger partial charge in [0.15, 0.2) is 11.5 Å². The van der Waals surface area contributed by atoms with Crippen molar-refractivity contribution < 1.29 is 91.6 Å². The van der Waals surface area contributed by atoms with Crippen molar-refractivity contribution in [2.45, 2.75) is 77.4 Å². The maximum atomic E-state index is 14.5. The molecule has 1 heterocycles. The second-order valence-electron chi connectivity index (χ2n) is 16.8. The Hall–Kier alpha value is -6.96. The molecule has 0 saturated carbocycles. The average molecular weight is 972 g/mol. The van der Waals surface area contributed by atoms with Crippen molar-refractivity contribution in [1.29, 1.82) is 0 Å². The summed E-state index contributed by atoms with van der Waals surface area (Å²) in [5.74, 6) is -1.32. The van der Waals surface area contributed by atoms with Gasteiger partial charge in [0.05, 0.1) is 46.6 Å². The Morgan fingerprint density at radius 3 is 2.26 bits per heavy atom. The Morgan fingerprint density at radius 1 is 0.943 bits per heavy atom. The monoisotopic (exact) mass is 971 g/mol. The van der Waals surface area contributed by atoms with Gasteiger partial charge in [-0.05, 0) is 94.1 Å². The molecule has 0 spiro atoms. The van der Waals surface area contributed by atoms with Gasteiger partial charge in [-0.3, -0.25) is 34.6 Å². The summed E-state index contributed by atoms with van der Waals surface area (Å²) in [6.07, 6.45) is 1.15. The SMILES string of the molecule is [CH2-]CC(NC(=O)CCCCC[N+]1=C(C=C2C(=O)C(c3ccc(OC)cc3)=C2[O-])C(C)(C)c2cc(F)ccc21)C(=O)NCCOc1cc([N+](=O)[O-])c(C(C)OC(=O)Oc2ccc([N+](=O)[O-])cc2)cc1C.[Na+]. The van der Waals surface area contributed by atoms with Crippen molar-refractivity contribution in [1.82, 2.24) is 10.6 Å². The maximum absolute atomic E-state index is 14.5. The first-order chi connectivity index (χ1) is 32.8. The van der Waals surface area contributed by atoms with Crippen LogP contribution >= 0.6 is 0 Å². The fourth-order valence-corrected chi connectivity index (χ4v) is 8.08. The zero-order chi connectivity index (χ0) is 50.2. The van der Waals surface area contributed by atoms with Crippen LogP contribution in [0.3, 0.4) is 0 Å². The van der Waals surface area contributed by atoms with Crippen LogP contribution in [0.25, 0.3) is 5.57 Å². The Morgan fingerprint density at radius 2 is 1.63 bits per heavy atom. The first kappa shape index (κ1) is 54.0. The van der Waals surface area contributed by atoms with E-state index < -0.39 is 51.0 Å². The number of hydrogen-bond donors (Lipinski definition) is 2. The van der Waals surface area contributed by atoms with Crippen LogP contribution < -0.4 is 59.5 Å². The van der Waals surface area contributed by atoms with E-state index in [2.05, 4.69) is 17.6 Å². The molecule has 0 aromatic heterocycles. The topological polar surface area (TPSA) is 242 Å². The van der Waals surface area contributed by atoms with Crippen LogP contribution in [0.5, 0.6) is 17.2 Å². The van der Waals surface area contributed by atoms with Crippen molar-refractivity contribution in [3.05, 3.63) is 151 Å². The average Bonchev–Trinajstić information content (AvgIpc) is 3.52. The number of methoxy groups -OCH3 is 1. The molecular formula is C50H51FN5NaO13. The van der Waals surface area contributed by atoms with Gasteiger partial charge in [-0.25, -0.2) is 9.18 Å². The number of carbonyl (C=O) groups is 4. The van der Waals surface area contributed by atoms with Gasteiger partial charge in [0.25, 0.3) is 11.4 Å². The molecule has 2 amide bonds. The number of carbonyl (C=O) groups excluding carboxylic acids is 4. The number of non-ortho nitro benzene ring substituents is 1. The third-order valence-electron chi connectivity index (χ3n) is 11.8. The molecule has 362 valence electrons. The van der Waals surface area contributed by atoms with E-state index >= 15 is 0 Å². The van der Waals surface area contributed by atoms with Crippen molar-refractivity contribution in [3.63, 3.8) is 0 Å². The number of hydrogen-bond acceptors (Lipinski definition) is 13. The summed E-state index contributed by atoms with van der Waals surface area (Å²) in [6.45, 7) is 11.0. The molecule has 20 heteroatoms. The maximum Gasteiger partial charge on any atom is 1.00 e. The molecule has 4 aromatic carbocycles.